The zero-order chi connectivity index (χ0) is 3.54. The zero-order valence-electron chi connectivity index (χ0n) is 3.72. The van der Waals surface area contributed by atoms with E-state index in [4.69, 9.17) is 0 Å². The van der Waals surface area contributed by atoms with Crippen molar-refractivity contribution in [2.75, 3.05) is 0 Å². The summed E-state index contributed by atoms with van der Waals surface area (Å²) >= 11 is 0. The van der Waals surface area contributed by atoms with Crippen LogP contribution in [-0.4, -0.2) is 0 Å². The van der Waals surface area contributed by atoms with Gasteiger partial charge in [-0.25, -0.2) is 0 Å². The maximum atomic E-state index is 4.58. The minimum Gasteiger partial charge on any atom is -0.473 e. The molecule has 0 aromatic carbocycles. The topological polar surface area (TPSA) is 13.1 Å². The Bertz CT molecular complexity index is 60.7. The van der Waals surface area contributed by atoms with Gasteiger partial charge in [0.15, 0.2) is 0 Å². The first-order valence-electron chi connectivity index (χ1n) is 1.47. The molecule has 8 radical (unpaired) electrons. The van der Waals surface area contributed by atoms with Crippen molar-refractivity contribution >= 4 is 0 Å². The van der Waals surface area contributed by atoms with E-state index in [-0.39, 0.29) is 14.9 Å². The van der Waals surface area contributed by atoms with E-state index in [0.29, 0.717) is 0 Å². The van der Waals surface area contributed by atoms with E-state index < -0.39 is 0 Å². The highest BCUT2D eigenvalue weighted by Crippen LogP contribution is 1.79. The molecule has 1 rings (SSSR count). The minimum atomic E-state index is 0. The van der Waals surface area contributed by atoms with Crippen LogP contribution in [-0.2, 0) is 0 Å². The number of rotatable bonds is 0. The molecule has 0 saturated heterocycles. The second-order valence-electron chi connectivity index (χ2n) is 0.793. The van der Waals surface area contributed by atoms with E-state index in [2.05, 4.69) is 4.42 Å². The Kier molecular flexibility index (Phi) is 7.21. The van der Waals surface area contributed by atoms with Crippen molar-refractivity contribution in [2.45, 2.75) is 0 Å². The van der Waals surface area contributed by atoms with E-state index in [0.717, 1.165) is 0 Å². The van der Waals surface area contributed by atoms with Crippen molar-refractivity contribution in [1.82, 2.24) is 0 Å². The van der Waals surface area contributed by atoms with E-state index in [1.54, 1.807) is 12.5 Å². The Morgan fingerprint density at radius 1 is 0.857 bits per heavy atom. The molecule has 1 aromatic rings. The van der Waals surface area contributed by atoms with Crippen LogP contribution in [0.3, 0.4) is 0 Å². The maximum absolute atomic E-state index is 4.58. The lowest BCUT2D eigenvalue weighted by Gasteiger charge is -1.50. The van der Waals surface area contributed by atoms with E-state index in [9.17, 15) is 0 Å². The quantitative estimate of drug-likeness (QED) is 0.472. The minimum absolute atomic E-state index is 0. The van der Waals surface area contributed by atoms with Gasteiger partial charge in [0, 0.05) is 14.9 Å². The Balaban J connectivity index is 0. The lowest BCUT2D eigenvalue weighted by atomic mass is 10.7. The Morgan fingerprint density at radius 3 is 1.43 bits per heavy atom. The van der Waals surface area contributed by atoms with Crippen molar-refractivity contribution in [2.24, 2.45) is 0 Å². The largest absolute Gasteiger partial charge is 0.473 e. The molecule has 7 heavy (non-hydrogen) atoms. The van der Waals surface area contributed by atoms with Crippen LogP contribution in [0.25, 0.3) is 0 Å². The molecule has 0 spiro atoms. The molecule has 0 aliphatic rings. The summed E-state index contributed by atoms with van der Waals surface area (Å²) in [5, 5.41) is 0. The molecule has 34 valence electrons. The Morgan fingerprint density at radius 2 is 1.29 bits per heavy atom. The SMILES string of the molecule is [C].[C].c1ccoc1. The Labute approximate surface area is 45.0 Å². The molecule has 0 atom stereocenters. The van der Waals surface area contributed by atoms with Gasteiger partial charge in [-0.05, 0) is 12.1 Å². The molecule has 0 bridgehead atoms. The van der Waals surface area contributed by atoms with Crippen molar-refractivity contribution < 1.29 is 4.42 Å². The maximum Gasteiger partial charge on any atom is 0.0902 e. The smallest absolute Gasteiger partial charge is 0.0902 e. The van der Waals surface area contributed by atoms with Gasteiger partial charge in [-0.15, -0.1) is 0 Å². The molecule has 0 saturated carbocycles. The fourth-order valence-corrected chi connectivity index (χ4v) is 0.227. The predicted molar refractivity (Wildman–Crippen MR) is 25.2 cm³/mol. The number of hydrogen-bond acceptors (Lipinski definition) is 1. The van der Waals surface area contributed by atoms with Crippen LogP contribution in [0.5, 0.6) is 0 Å². The second kappa shape index (κ2) is 5.28. The third-order valence-electron chi connectivity index (χ3n) is 0.425. The lowest BCUT2D eigenvalue weighted by Crippen LogP contribution is -1.16. The van der Waals surface area contributed by atoms with Crippen LogP contribution >= 0.6 is 0 Å². The fourth-order valence-electron chi connectivity index (χ4n) is 0.227. The molecule has 0 amide bonds. The van der Waals surface area contributed by atoms with Crippen LogP contribution in [0.15, 0.2) is 29.1 Å². The molecule has 0 fully saturated rings. The van der Waals surface area contributed by atoms with Gasteiger partial charge < -0.3 is 4.42 Å². The molecule has 1 heteroatoms. The van der Waals surface area contributed by atoms with Gasteiger partial charge in [0.1, 0.15) is 0 Å². The summed E-state index contributed by atoms with van der Waals surface area (Å²) in [4.78, 5) is 0. The van der Waals surface area contributed by atoms with Gasteiger partial charge in [0.05, 0.1) is 12.5 Å². The Hall–Kier alpha value is -0.720. The summed E-state index contributed by atoms with van der Waals surface area (Å²) < 4.78 is 4.58. The lowest BCUT2D eigenvalue weighted by molar-refractivity contribution is 0.567. The van der Waals surface area contributed by atoms with Crippen LogP contribution < -0.4 is 0 Å². The van der Waals surface area contributed by atoms with Crippen LogP contribution in [0.4, 0.5) is 0 Å². The second-order valence-corrected chi connectivity index (χ2v) is 0.793. The highest BCUT2D eigenvalue weighted by molar-refractivity contribution is 4.79. The van der Waals surface area contributed by atoms with Gasteiger partial charge in [0.2, 0.25) is 0 Å². The van der Waals surface area contributed by atoms with Gasteiger partial charge in [-0.1, -0.05) is 0 Å². The molecule has 0 aliphatic carbocycles. The summed E-state index contributed by atoms with van der Waals surface area (Å²) in [7, 11) is 0. The highest BCUT2D eigenvalue weighted by Gasteiger charge is 1.58. The molecule has 0 aliphatic heterocycles. The third kappa shape index (κ3) is 3.10. The van der Waals surface area contributed by atoms with Crippen molar-refractivity contribution in [3.8, 4) is 0 Å². The molecule has 1 aromatic heterocycles. The predicted octanol–water partition coefficient (Wildman–Crippen LogP) is 1.44. The third-order valence-corrected chi connectivity index (χ3v) is 0.425. The monoisotopic (exact) mass is 92.0 g/mol. The summed E-state index contributed by atoms with van der Waals surface area (Å²) in [6, 6.07) is 3.67. The standard InChI is InChI=1S/C4H4O.2C/c1-2-4-5-3-1;;/h1-4H;;. The molecule has 1 heterocycles. The van der Waals surface area contributed by atoms with Crippen molar-refractivity contribution in [3.05, 3.63) is 39.5 Å². The summed E-state index contributed by atoms with van der Waals surface area (Å²) in [5.74, 6) is 0. The number of furan rings is 1. The first kappa shape index (κ1) is 9.56. The van der Waals surface area contributed by atoms with Gasteiger partial charge in [0.25, 0.3) is 0 Å². The summed E-state index contributed by atoms with van der Waals surface area (Å²) in [6.07, 6.45) is 3.25. The normalized spacial score (nSPS) is 5.71. The first-order chi connectivity index (χ1) is 2.50. The molecule has 0 unspecified atom stereocenters. The summed E-state index contributed by atoms with van der Waals surface area (Å²) in [6.45, 7) is 0. The fraction of sp³-hybridized carbons (Fsp3) is 0. The van der Waals surface area contributed by atoms with Gasteiger partial charge in [-0.2, -0.15) is 0 Å². The van der Waals surface area contributed by atoms with Crippen molar-refractivity contribution in [3.63, 3.8) is 0 Å². The van der Waals surface area contributed by atoms with Gasteiger partial charge in [-0.3, -0.25) is 0 Å². The van der Waals surface area contributed by atoms with Gasteiger partial charge >= 0.3 is 0 Å². The highest BCUT2D eigenvalue weighted by atomic mass is 16.3. The molecule has 0 N–H and O–H groups in total. The van der Waals surface area contributed by atoms with E-state index in [1.807, 2.05) is 12.1 Å². The molecular formula is C6H4O. The zero-order valence-corrected chi connectivity index (χ0v) is 3.72. The molecule has 1 nitrogen and oxygen atoms in total. The number of hydrogen-bond donors (Lipinski definition) is 0. The van der Waals surface area contributed by atoms with Crippen molar-refractivity contribution in [1.29, 1.82) is 0 Å². The van der Waals surface area contributed by atoms with E-state index in [1.165, 1.54) is 0 Å². The van der Waals surface area contributed by atoms with Crippen LogP contribution in [0, 0.1) is 14.9 Å². The van der Waals surface area contributed by atoms with Crippen LogP contribution in [0.2, 0.25) is 0 Å². The molecular weight excluding hydrogens is 88.1 g/mol. The average molecular weight is 92.1 g/mol. The van der Waals surface area contributed by atoms with E-state index >= 15 is 0 Å². The summed E-state index contributed by atoms with van der Waals surface area (Å²) in [5.41, 5.74) is 0. The first-order valence-corrected chi connectivity index (χ1v) is 1.47. The van der Waals surface area contributed by atoms with Crippen LogP contribution in [0.1, 0.15) is 0 Å². The average Bonchev–Trinajstić information content (AvgIpc) is 1.76.